The lowest BCUT2D eigenvalue weighted by Crippen LogP contribution is -2.15. The first-order valence-electron chi connectivity index (χ1n) is 8.29. The third-order valence-electron chi connectivity index (χ3n) is 4.01. The molecule has 1 aromatic heterocycles. The van der Waals surface area contributed by atoms with Gasteiger partial charge in [-0.1, -0.05) is 43.6 Å². The van der Waals surface area contributed by atoms with Gasteiger partial charge in [0, 0.05) is 9.92 Å². The van der Waals surface area contributed by atoms with Crippen LogP contribution in [0.25, 0.3) is 5.69 Å². The lowest BCUT2D eigenvalue weighted by atomic mass is 10.0. The number of thioether (sulfide) groups is 1. The highest BCUT2D eigenvalue weighted by atomic mass is 35.5. The predicted octanol–water partition coefficient (Wildman–Crippen LogP) is 5.62. The van der Waals surface area contributed by atoms with Crippen molar-refractivity contribution in [3.05, 3.63) is 71.0 Å². The number of benzene rings is 2. The van der Waals surface area contributed by atoms with E-state index >= 15 is 0 Å². The highest BCUT2D eigenvalue weighted by molar-refractivity contribution is 7.98. The van der Waals surface area contributed by atoms with E-state index in [1.807, 2.05) is 68.6 Å². The predicted molar refractivity (Wildman–Crippen MR) is 109 cm³/mol. The number of rotatable bonds is 5. The van der Waals surface area contributed by atoms with Crippen LogP contribution in [0.3, 0.4) is 0 Å². The minimum absolute atomic E-state index is 0.119. The van der Waals surface area contributed by atoms with Crippen molar-refractivity contribution in [1.29, 1.82) is 0 Å². The Balaban J connectivity index is 1.99. The van der Waals surface area contributed by atoms with Crippen molar-refractivity contribution in [2.24, 2.45) is 0 Å². The third-order valence-corrected chi connectivity index (χ3v) is 5.04. The number of para-hydroxylation sites is 1. The molecular formula is C20H20ClN3OS. The van der Waals surface area contributed by atoms with Gasteiger partial charge in [0.1, 0.15) is 0 Å². The smallest absolute Gasteiger partial charge is 0.259 e. The quantitative estimate of drug-likeness (QED) is 0.579. The van der Waals surface area contributed by atoms with E-state index in [2.05, 4.69) is 10.4 Å². The number of nitrogens with one attached hydrogen (secondary N) is 1. The van der Waals surface area contributed by atoms with Crippen LogP contribution in [0.2, 0.25) is 5.02 Å². The molecule has 134 valence electrons. The average Bonchev–Trinajstić information content (AvgIpc) is 3.07. The summed E-state index contributed by atoms with van der Waals surface area (Å²) in [6.07, 6.45) is 3.61. The van der Waals surface area contributed by atoms with E-state index in [9.17, 15) is 4.79 Å². The fourth-order valence-electron chi connectivity index (χ4n) is 2.84. The summed E-state index contributed by atoms with van der Waals surface area (Å²) < 4.78 is 1.78. The van der Waals surface area contributed by atoms with E-state index in [4.69, 9.17) is 11.6 Å². The molecule has 1 heterocycles. The number of nitrogens with zero attached hydrogens (tertiary/aromatic N) is 2. The maximum Gasteiger partial charge on any atom is 0.259 e. The van der Waals surface area contributed by atoms with Crippen LogP contribution in [0.1, 0.15) is 35.8 Å². The molecule has 0 aliphatic rings. The molecular weight excluding hydrogens is 366 g/mol. The molecule has 0 spiro atoms. The van der Waals surface area contributed by atoms with E-state index < -0.39 is 0 Å². The van der Waals surface area contributed by atoms with Crippen molar-refractivity contribution >= 4 is 35.0 Å². The van der Waals surface area contributed by atoms with Crippen molar-refractivity contribution in [2.75, 3.05) is 11.6 Å². The standard InChI is InChI=1S/C20H20ClN3OS/c1-13(2)19-16(12-22-24(19)15-8-6-7-14(21)11-15)20(25)23-17-9-4-5-10-18(17)26-3/h4-13H,1-3H3,(H,23,25). The van der Waals surface area contributed by atoms with Gasteiger partial charge < -0.3 is 5.32 Å². The molecule has 0 bridgehead atoms. The van der Waals surface area contributed by atoms with Gasteiger partial charge in [-0.05, 0) is 42.5 Å². The topological polar surface area (TPSA) is 46.9 Å². The monoisotopic (exact) mass is 385 g/mol. The lowest BCUT2D eigenvalue weighted by molar-refractivity contribution is 0.102. The Kier molecular flexibility index (Phi) is 5.69. The molecule has 3 rings (SSSR count). The first-order chi connectivity index (χ1) is 12.5. The molecule has 26 heavy (non-hydrogen) atoms. The Labute approximate surface area is 162 Å². The molecule has 0 aliphatic carbocycles. The van der Waals surface area contributed by atoms with Crippen molar-refractivity contribution in [3.63, 3.8) is 0 Å². The summed E-state index contributed by atoms with van der Waals surface area (Å²) >= 11 is 7.71. The van der Waals surface area contributed by atoms with Crippen LogP contribution in [-0.4, -0.2) is 21.9 Å². The van der Waals surface area contributed by atoms with Gasteiger partial charge in [0.25, 0.3) is 5.91 Å². The Morgan fingerprint density at radius 1 is 1.19 bits per heavy atom. The SMILES string of the molecule is CSc1ccccc1NC(=O)c1cnn(-c2cccc(Cl)c2)c1C(C)C. The number of hydrogen-bond donors (Lipinski definition) is 1. The molecule has 0 saturated heterocycles. The number of carbonyl (C=O) groups excluding carboxylic acids is 1. The molecule has 0 fully saturated rings. The van der Waals surface area contributed by atoms with Gasteiger partial charge in [-0.15, -0.1) is 11.8 Å². The Morgan fingerprint density at radius 3 is 2.65 bits per heavy atom. The van der Waals surface area contributed by atoms with Gasteiger partial charge in [-0.3, -0.25) is 4.79 Å². The second-order valence-corrected chi connectivity index (χ2v) is 7.43. The van der Waals surface area contributed by atoms with E-state index in [-0.39, 0.29) is 11.8 Å². The minimum atomic E-state index is -0.163. The average molecular weight is 386 g/mol. The van der Waals surface area contributed by atoms with Crippen LogP contribution < -0.4 is 5.32 Å². The summed E-state index contributed by atoms with van der Waals surface area (Å²) in [6, 6.07) is 15.2. The largest absolute Gasteiger partial charge is 0.321 e. The number of halogens is 1. The molecule has 0 unspecified atom stereocenters. The highest BCUT2D eigenvalue weighted by Crippen LogP contribution is 2.28. The van der Waals surface area contributed by atoms with Gasteiger partial charge in [0.2, 0.25) is 0 Å². The van der Waals surface area contributed by atoms with Crippen molar-refractivity contribution in [2.45, 2.75) is 24.7 Å². The van der Waals surface area contributed by atoms with Crippen LogP contribution in [-0.2, 0) is 0 Å². The number of anilines is 1. The first-order valence-corrected chi connectivity index (χ1v) is 9.89. The number of carbonyl (C=O) groups is 1. The Bertz CT molecular complexity index is 936. The fraction of sp³-hybridized carbons (Fsp3) is 0.200. The van der Waals surface area contributed by atoms with Crippen LogP contribution in [0.15, 0.2) is 59.6 Å². The van der Waals surface area contributed by atoms with Gasteiger partial charge in [-0.2, -0.15) is 5.10 Å². The van der Waals surface area contributed by atoms with Crippen LogP contribution >= 0.6 is 23.4 Å². The molecule has 1 N–H and O–H groups in total. The van der Waals surface area contributed by atoms with Crippen molar-refractivity contribution in [3.8, 4) is 5.69 Å². The number of hydrogen-bond acceptors (Lipinski definition) is 3. The van der Waals surface area contributed by atoms with Gasteiger partial charge >= 0.3 is 0 Å². The van der Waals surface area contributed by atoms with Gasteiger partial charge in [0.05, 0.1) is 28.8 Å². The van der Waals surface area contributed by atoms with E-state index in [1.54, 1.807) is 22.6 Å². The maximum atomic E-state index is 12.9. The normalized spacial score (nSPS) is 11.0. The van der Waals surface area contributed by atoms with E-state index in [0.717, 1.165) is 22.0 Å². The molecule has 4 nitrogen and oxygen atoms in total. The van der Waals surface area contributed by atoms with E-state index in [0.29, 0.717) is 10.6 Å². The van der Waals surface area contributed by atoms with Crippen LogP contribution in [0.5, 0.6) is 0 Å². The summed E-state index contributed by atoms with van der Waals surface area (Å²) in [6.45, 7) is 4.09. The molecule has 2 aromatic carbocycles. The molecule has 0 saturated carbocycles. The van der Waals surface area contributed by atoms with E-state index in [1.165, 1.54) is 0 Å². The molecule has 0 atom stereocenters. The fourth-order valence-corrected chi connectivity index (χ4v) is 3.58. The third kappa shape index (κ3) is 3.79. The van der Waals surface area contributed by atoms with Gasteiger partial charge in [-0.25, -0.2) is 4.68 Å². The molecule has 1 amide bonds. The summed E-state index contributed by atoms with van der Waals surface area (Å²) in [5, 5.41) is 8.09. The summed E-state index contributed by atoms with van der Waals surface area (Å²) in [5.41, 5.74) is 3.06. The summed E-state index contributed by atoms with van der Waals surface area (Å²) in [4.78, 5) is 13.9. The molecule has 0 aliphatic heterocycles. The van der Waals surface area contributed by atoms with Crippen molar-refractivity contribution < 1.29 is 4.79 Å². The van der Waals surface area contributed by atoms with Crippen LogP contribution in [0, 0.1) is 0 Å². The highest BCUT2D eigenvalue weighted by Gasteiger charge is 2.21. The van der Waals surface area contributed by atoms with Crippen LogP contribution in [0.4, 0.5) is 5.69 Å². The lowest BCUT2D eigenvalue weighted by Gasteiger charge is -2.14. The molecule has 3 aromatic rings. The maximum absolute atomic E-state index is 12.9. The summed E-state index contributed by atoms with van der Waals surface area (Å²) in [7, 11) is 0. The number of aromatic nitrogens is 2. The second-order valence-electron chi connectivity index (χ2n) is 6.14. The Morgan fingerprint density at radius 2 is 1.96 bits per heavy atom. The van der Waals surface area contributed by atoms with Gasteiger partial charge in [0.15, 0.2) is 0 Å². The second kappa shape index (κ2) is 7.98. The molecule has 6 heteroatoms. The zero-order valence-electron chi connectivity index (χ0n) is 14.9. The minimum Gasteiger partial charge on any atom is -0.321 e. The zero-order valence-corrected chi connectivity index (χ0v) is 16.4. The summed E-state index contributed by atoms with van der Waals surface area (Å²) in [5.74, 6) is -0.0449. The molecule has 0 radical (unpaired) electrons. The van der Waals surface area contributed by atoms with Crippen molar-refractivity contribution in [1.82, 2.24) is 9.78 Å². The first kappa shape index (κ1) is 18.5. The number of amides is 1. The zero-order chi connectivity index (χ0) is 18.7. The Hall–Kier alpha value is -2.24.